The Morgan fingerprint density at radius 2 is 1.75 bits per heavy atom. The molecule has 0 saturated heterocycles. The van der Waals surface area contributed by atoms with E-state index in [2.05, 4.69) is 4.74 Å². The molecule has 112 valence electrons. The van der Waals surface area contributed by atoms with Gasteiger partial charge in [0.25, 0.3) is 0 Å². The normalized spacial score (nSPS) is 13.1. The number of rotatable bonds is 4. The fourth-order valence-electron chi connectivity index (χ4n) is 1.35. The molecule has 0 bridgehead atoms. The molecule has 0 amide bonds. The van der Waals surface area contributed by atoms with Gasteiger partial charge in [-0.2, -0.15) is 0 Å². The maximum Gasteiger partial charge on any atom is 0.573 e. The van der Waals surface area contributed by atoms with Crippen molar-refractivity contribution in [1.82, 2.24) is 0 Å². The topological polar surface area (TPSA) is 60.4 Å². The summed E-state index contributed by atoms with van der Waals surface area (Å²) in [6, 6.07) is 4.31. The Morgan fingerprint density at radius 3 is 2.20 bits per heavy atom. The van der Waals surface area contributed by atoms with Gasteiger partial charge in [0.2, 0.25) is 0 Å². The van der Waals surface area contributed by atoms with Gasteiger partial charge in [-0.15, -0.1) is 13.2 Å². The number of carbonyl (C=O) groups excluding carboxylic acids is 1. The number of ether oxygens (including phenoxy) is 1. The van der Waals surface area contributed by atoms with Crippen LogP contribution in [0.1, 0.15) is 24.2 Å². The number of hydrogen-bond donors (Lipinski definition) is 0. The number of halogens is 3. The maximum absolute atomic E-state index is 12.1. The van der Waals surface area contributed by atoms with E-state index in [1.165, 1.54) is 26.0 Å². The molecule has 1 aromatic rings. The first-order valence-electron chi connectivity index (χ1n) is 5.45. The van der Waals surface area contributed by atoms with Crippen LogP contribution in [0.25, 0.3) is 0 Å². The molecular formula is C12H13F3O4S. The van der Waals surface area contributed by atoms with Gasteiger partial charge in [0.05, 0.1) is 0 Å². The van der Waals surface area contributed by atoms with E-state index in [0.717, 1.165) is 18.4 Å². The summed E-state index contributed by atoms with van der Waals surface area (Å²) in [6.07, 6.45) is -3.99. The summed E-state index contributed by atoms with van der Waals surface area (Å²) in [4.78, 5) is 12.1. The lowest BCUT2D eigenvalue weighted by atomic mass is 10.00. The third-order valence-corrected chi connectivity index (χ3v) is 4.84. The second-order valence-corrected chi connectivity index (χ2v) is 7.25. The highest BCUT2D eigenvalue weighted by molar-refractivity contribution is 7.92. The van der Waals surface area contributed by atoms with E-state index in [4.69, 9.17) is 0 Å². The molecule has 0 radical (unpaired) electrons. The Kier molecular flexibility index (Phi) is 4.19. The predicted molar refractivity (Wildman–Crippen MR) is 66.4 cm³/mol. The average molecular weight is 310 g/mol. The number of Topliss-reactive ketones (excluding diaryl/α,β-unsaturated/α-hetero) is 1. The minimum atomic E-state index is -4.88. The van der Waals surface area contributed by atoms with Crippen molar-refractivity contribution in [2.75, 3.05) is 6.26 Å². The smallest absolute Gasteiger partial charge is 0.406 e. The van der Waals surface area contributed by atoms with E-state index in [1.807, 2.05) is 0 Å². The van der Waals surface area contributed by atoms with Gasteiger partial charge < -0.3 is 4.74 Å². The van der Waals surface area contributed by atoms with Crippen molar-refractivity contribution in [3.63, 3.8) is 0 Å². The zero-order valence-corrected chi connectivity index (χ0v) is 11.8. The molecule has 8 heteroatoms. The summed E-state index contributed by atoms with van der Waals surface area (Å²) in [5, 5.41) is 0. The van der Waals surface area contributed by atoms with Gasteiger partial charge in [-0.05, 0) is 26.0 Å². The van der Waals surface area contributed by atoms with Crippen LogP contribution in [0.4, 0.5) is 13.2 Å². The van der Waals surface area contributed by atoms with E-state index in [-0.39, 0.29) is 5.56 Å². The summed E-state index contributed by atoms with van der Waals surface area (Å²) < 4.78 is 61.3. The summed E-state index contributed by atoms with van der Waals surface area (Å²) in [5.74, 6) is -1.37. The molecule has 0 heterocycles. The quantitative estimate of drug-likeness (QED) is 0.802. The lowest BCUT2D eigenvalue weighted by Gasteiger charge is -2.21. The molecule has 0 atom stereocenters. The molecule has 0 spiro atoms. The minimum absolute atomic E-state index is 0.165. The van der Waals surface area contributed by atoms with Gasteiger partial charge in [-0.3, -0.25) is 4.79 Å². The molecule has 1 rings (SSSR count). The highest BCUT2D eigenvalue weighted by atomic mass is 32.2. The van der Waals surface area contributed by atoms with Crippen LogP contribution in [0.5, 0.6) is 5.75 Å². The number of ketones is 1. The van der Waals surface area contributed by atoms with E-state index in [1.54, 1.807) is 0 Å². The van der Waals surface area contributed by atoms with Gasteiger partial charge >= 0.3 is 6.36 Å². The van der Waals surface area contributed by atoms with Gasteiger partial charge in [0, 0.05) is 11.8 Å². The number of benzene rings is 1. The highest BCUT2D eigenvalue weighted by Crippen LogP contribution is 2.27. The third kappa shape index (κ3) is 3.72. The molecule has 0 saturated carbocycles. The van der Waals surface area contributed by atoms with Gasteiger partial charge in [0.1, 0.15) is 10.5 Å². The van der Waals surface area contributed by atoms with E-state index < -0.39 is 32.5 Å². The van der Waals surface area contributed by atoms with Crippen LogP contribution in [-0.4, -0.2) is 31.6 Å². The number of sulfone groups is 1. The molecule has 0 N–H and O–H groups in total. The van der Waals surface area contributed by atoms with Crippen LogP contribution in [0, 0.1) is 0 Å². The van der Waals surface area contributed by atoms with Gasteiger partial charge in [-0.1, -0.05) is 12.1 Å². The largest absolute Gasteiger partial charge is 0.573 e. The monoisotopic (exact) mass is 310 g/mol. The standard InChI is InChI=1S/C12H13F3O4S/c1-11(2,20(3,17)18)10(16)8-5-4-6-9(7-8)19-12(13,14)15/h4-7H,1-3H3. The van der Waals surface area contributed by atoms with Crippen molar-refractivity contribution in [2.45, 2.75) is 25.0 Å². The van der Waals surface area contributed by atoms with Gasteiger partial charge in [-0.25, -0.2) is 8.42 Å². The lowest BCUT2D eigenvalue weighted by Crippen LogP contribution is -2.39. The van der Waals surface area contributed by atoms with Crippen LogP contribution in [-0.2, 0) is 9.84 Å². The minimum Gasteiger partial charge on any atom is -0.406 e. The molecule has 0 fully saturated rings. The third-order valence-electron chi connectivity index (χ3n) is 2.80. The van der Waals surface area contributed by atoms with Crippen LogP contribution in [0.2, 0.25) is 0 Å². The Morgan fingerprint density at radius 1 is 1.20 bits per heavy atom. The summed E-state index contributed by atoms with van der Waals surface area (Å²) >= 11 is 0. The molecule has 0 aliphatic carbocycles. The van der Waals surface area contributed by atoms with E-state index >= 15 is 0 Å². The van der Waals surface area contributed by atoms with Crippen molar-refractivity contribution in [1.29, 1.82) is 0 Å². The average Bonchev–Trinajstić information content (AvgIpc) is 2.24. The van der Waals surface area contributed by atoms with Crippen LogP contribution < -0.4 is 4.74 Å². The van der Waals surface area contributed by atoms with Crippen molar-refractivity contribution >= 4 is 15.6 Å². The van der Waals surface area contributed by atoms with Crippen LogP contribution in [0.3, 0.4) is 0 Å². The maximum atomic E-state index is 12.1. The predicted octanol–water partition coefficient (Wildman–Crippen LogP) is 2.59. The molecule has 0 aliphatic rings. The molecular weight excluding hydrogens is 297 g/mol. The first-order valence-corrected chi connectivity index (χ1v) is 7.34. The second kappa shape index (κ2) is 5.08. The molecule has 4 nitrogen and oxygen atoms in total. The molecule has 0 aromatic heterocycles. The number of alkyl halides is 3. The zero-order valence-electron chi connectivity index (χ0n) is 11.0. The Balaban J connectivity index is 3.16. The summed E-state index contributed by atoms with van der Waals surface area (Å²) in [6.45, 7) is 2.39. The van der Waals surface area contributed by atoms with Crippen molar-refractivity contribution in [3.05, 3.63) is 29.8 Å². The summed E-state index contributed by atoms with van der Waals surface area (Å²) in [5.41, 5.74) is -0.165. The van der Waals surface area contributed by atoms with Crippen LogP contribution >= 0.6 is 0 Å². The molecule has 1 aromatic carbocycles. The lowest BCUT2D eigenvalue weighted by molar-refractivity contribution is -0.274. The second-order valence-electron chi connectivity index (χ2n) is 4.69. The van der Waals surface area contributed by atoms with E-state index in [9.17, 15) is 26.4 Å². The Hall–Kier alpha value is -1.57. The molecule has 0 unspecified atom stereocenters. The van der Waals surface area contributed by atoms with E-state index in [0.29, 0.717) is 0 Å². The fourth-order valence-corrected chi connectivity index (χ4v) is 1.81. The molecule has 0 aliphatic heterocycles. The number of hydrogen-bond acceptors (Lipinski definition) is 4. The Bertz CT molecular complexity index is 618. The van der Waals surface area contributed by atoms with Crippen LogP contribution in [0.15, 0.2) is 24.3 Å². The van der Waals surface area contributed by atoms with Gasteiger partial charge in [0.15, 0.2) is 15.6 Å². The number of carbonyl (C=O) groups is 1. The first kappa shape index (κ1) is 16.5. The Labute approximate surface area is 114 Å². The SMILES string of the molecule is CC(C)(C(=O)c1cccc(OC(F)(F)F)c1)S(C)(=O)=O. The van der Waals surface area contributed by atoms with Crippen molar-refractivity contribution in [2.24, 2.45) is 0 Å². The summed E-state index contributed by atoms with van der Waals surface area (Å²) in [7, 11) is -3.71. The van der Waals surface area contributed by atoms with Crippen molar-refractivity contribution < 1.29 is 31.1 Å². The van der Waals surface area contributed by atoms with Crippen molar-refractivity contribution in [3.8, 4) is 5.75 Å². The highest BCUT2D eigenvalue weighted by Gasteiger charge is 2.39. The zero-order chi connectivity index (χ0) is 15.8. The first-order chi connectivity index (χ1) is 8.84. The molecule has 20 heavy (non-hydrogen) atoms. The fraction of sp³-hybridized carbons (Fsp3) is 0.417.